The largest absolute Gasteiger partial charge is 0.573 e. The lowest BCUT2D eigenvalue weighted by Crippen LogP contribution is -2.17. The van der Waals surface area contributed by atoms with E-state index in [4.69, 9.17) is 0 Å². The van der Waals surface area contributed by atoms with E-state index in [-0.39, 0.29) is 11.3 Å². The molecule has 3 aromatic rings. The molecule has 0 bridgehead atoms. The summed E-state index contributed by atoms with van der Waals surface area (Å²) in [6.07, 6.45) is 1.25. The Morgan fingerprint density at radius 1 is 1.19 bits per heavy atom. The molecule has 0 aliphatic carbocycles. The van der Waals surface area contributed by atoms with E-state index < -0.39 is 12.1 Å². The number of hydrogen-bond acceptors (Lipinski definition) is 4. The molecule has 0 unspecified atom stereocenters. The third-order valence-electron chi connectivity index (χ3n) is 2.79. The van der Waals surface area contributed by atoms with Gasteiger partial charge in [-0.15, -0.1) is 13.2 Å². The number of fused-ring (bicyclic) bond motifs is 1. The van der Waals surface area contributed by atoms with Crippen molar-refractivity contribution in [3.05, 3.63) is 43.0 Å². The Kier molecular flexibility index (Phi) is 2.93. The summed E-state index contributed by atoms with van der Waals surface area (Å²) in [5, 5.41) is 9.89. The number of imidazole rings is 1. The first kappa shape index (κ1) is 13.2. The van der Waals surface area contributed by atoms with E-state index in [1.807, 2.05) is 0 Å². The Morgan fingerprint density at radius 2 is 2.00 bits per heavy atom. The highest BCUT2D eigenvalue weighted by Crippen LogP contribution is 2.34. The topological polar surface area (TPSA) is 59.7 Å². The molecule has 0 spiro atoms. The van der Waals surface area contributed by atoms with Crippen LogP contribution in [0.1, 0.15) is 0 Å². The standard InChI is InChI=1S/C13H8F3N3O2/c14-13(15,16)21-8-1-2-11(20)9(5-8)10-6-17-7-12-18-3-4-19(10)12/h1-7,20H. The molecule has 1 N–H and O–H groups in total. The van der Waals surface area contributed by atoms with Gasteiger partial charge in [0, 0.05) is 18.0 Å². The van der Waals surface area contributed by atoms with Crippen molar-refractivity contribution in [1.82, 2.24) is 14.4 Å². The molecule has 3 rings (SSSR count). The summed E-state index contributed by atoms with van der Waals surface area (Å²) in [5.41, 5.74) is 1.07. The van der Waals surface area contributed by atoms with Crippen LogP contribution in [0.3, 0.4) is 0 Å². The van der Waals surface area contributed by atoms with Gasteiger partial charge < -0.3 is 9.84 Å². The minimum absolute atomic E-state index is 0.160. The van der Waals surface area contributed by atoms with Crippen molar-refractivity contribution in [3.8, 4) is 22.8 Å². The predicted molar refractivity (Wildman–Crippen MR) is 66.8 cm³/mol. The Bertz CT molecular complexity index is 799. The van der Waals surface area contributed by atoms with Crippen molar-refractivity contribution in [2.75, 3.05) is 0 Å². The molecular weight excluding hydrogens is 287 g/mol. The van der Waals surface area contributed by atoms with Crippen LogP contribution in [0.2, 0.25) is 0 Å². The van der Waals surface area contributed by atoms with Gasteiger partial charge >= 0.3 is 6.36 Å². The second-order valence-corrected chi connectivity index (χ2v) is 4.17. The van der Waals surface area contributed by atoms with Gasteiger partial charge in [-0.05, 0) is 18.2 Å². The molecule has 2 aromatic heterocycles. The Hall–Kier alpha value is -2.77. The fourth-order valence-corrected chi connectivity index (χ4v) is 1.97. The number of hydrogen-bond donors (Lipinski definition) is 1. The summed E-state index contributed by atoms with van der Waals surface area (Å²) in [6.45, 7) is 0. The molecule has 5 nitrogen and oxygen atoms in total. The number of nitrogens with zero attached hydrogens (tertiary/aromatic N) is 3. The molecule has 108 valence electrons. The van der Waals surface area contributed by atoms with Gasteiger partial charge in [0.05, 0.1) is 18.1 Å². The normalized spacial score (nSPS) is 11.8. The average molecular weight is 295 g/mol. The smallest absolute Gasteiger partial charge is 0.507 e. The van der Waals surface area contributed by atoms with Crippen LogP contribution < -0.4 is 4.74 Å². The van der Waals surface area contributed by atoms with E-state index in [2.05, 4.69) is 14.7 Å². The number of aromatic hydroxyl groups is 1. The quantitative estimate of drug-likeness (QED) is 0.789. The van der Waals surface area contributed by atoms with Crippen molar-refractivity contribution in [2.45, 2.75) is 6.36 Å². The van der Waals surface area contributed by atoms with Gasteiger partial charge in [-0.25, -0.2) is 4.98 Å². The SMILES string of the molecule is Oc1ccc(OC(F)(F)F)cc1-c1cncc2nccn12. The molecule has 8 heteroatoms. The van der Waals surface area contributed by atoms with Gasteiger partial charge in [0.1, 0.15) is 11.5 Å². The van der Waals surface area contributed by atoms with Crippen LogP contribution in [-0.2, 0) is 0 Å². The third kappa shape index (κ3) is 2.60. The highest BCUT2D eigenvalue weighted by atomic mass is 19.4. The van der Waals surface area contributed by atoms with Gasteiger partial charge in [0.25, 0.3) is 0 Å². The van der Waals surface area contributed by atoms with E-state index >= 15 is 0 Å². The molecule has 0 fully saturated rings. The molecule has 21 heavy (non-hydrogen) atoms. The van der Waals surface area contributed by atoms with Crippen LogP contribution >= 0.6 is 0 Å². The van der Waals surface area contributed by atoms with Crippen LogP contribution in [0, 0.1) is 0 Å². The van der Waals surface area contributed by atoms with E-state index in [0.717, 1.165) is 18.2 Å². The fourth-order valence-electron chi connectivity index (χ4n) is 1.97. The third-order valence-corrected chi connectivity index (χ3v) is 2.79. The van der Waals surface area contributed by atoms with Gasteiger partial charge in [0.2, 0.25) is 0 Å². The van der Waals surface area contributed by atoms with Crippen molar-refractivity contribution in [1.29, 1.82) is 0 Å². The zero-order chi connectivity index (χ0) is 15.0. The highest BCUT2D eigenvalue weighted by Gasteiger charge is 2.31. The maximum Gasteiger partial charge on any atom is 0.573 e. The van der Waals surface area contributed by atoms with E-state index in [9.17, 15) is 18.3 Å². The van der Waals surface area contributed by atoms with Gasteiger partial charge in [0.15, 0.2) is 5.65 Å². The van der Waals surface area contributed by atoms with Crippen LogP contribution in [0.25, 0.3) is 16.9 Å². The van der Waals surface area contributed by atoms with Gasteiger partial charge in [-0.3, -0.25) is 9.38 Å². The maximum absolute atomic E-state index is 12.3. The molecule has 2 heterocycles. The maximum atomic E-state index is 12.3. The molecular formula is C13H8F3N3O2. The number of ether oxygens (including phenoxy) is 1. The first-order chi connectivity index (χ1) is 9.94. The fraction of sp³-hybridized carbons (Fsp3) is 0.0769. The van der Waals surface area contributed by atoms with Crippen LogP contribution in [0.4, 0.5) is 13.2 Å². The first-order valence-electron chi connectivity index (χ1n) is 5.80. The Balaban J connectivity index is 2.13. The summed E-state index contributed by atoms with van der Waals surface area (Å²) < 4.78 is 42.3. The number of phenols is 1. The molecule has 0 aliphatic rings. The summed E-state index contributed by atoms with van der Waals surface area (Å²) in [7, 11) is 0. The minimum atomic E-state index is -4.80. The first-order valence-corrected chi connectivity index (χ1v) is 5.80. The lowest BCUT2D eigenvalue weighted by Gasteiger charge is -2.12. The zero-order valence-electron chi connectivity index (χ0n) is 10.4. The number of aromatic nitrogens is 3. The van der Waals surface area contributed by atoms with E-state index in [1.165, 1.54) is 18.6 Å². The molecule has 0 aliphatic heterocycles. The number of phenolic OH excluding ortho intramolecular Hbond substituents is 1. The number of alkyl halides is 3. The van der Waals surface area contributed by atoms with Crippen LogP contribution in [0.15, 0.2) is 43.0 Å². The Morgan fingerprint density at radius 3 is 2.76 bits per heavy atom. The van der Waals surface area contributed by atoms with Gasteiger partial charge in [-0.1, -0.05) is 0 Å². The summed E-state index contributed by atoms with van der Waals surface area (Å²) in [4.78, 5) is 7.97. The Labute approximate surface area is 116 Å². The van der Waals surface area contributed by atoms with E-state index in [1.54, 1.807) is 10.6 Å². The molecule has 0 amide bonds. The summed E-state index contributed by atoms with van der Waals surface area (Å²) in [6, 6.07) is 3.26. The lowest BCUT2D eigenvalue weighted by molar-refractivity contribution is -0.274. The summed E-state index contributed by atoms with van der Waals surface area (Å²) >= 11 is 0. The number of halogens is 3. The van der Waals surface area contributed by atoms with Crippen LogP contribution in [-0.4, -0.2) is 25.8 Å². The lowest BCUT2D eigenvalue weighted by atomic mass is 10.1. The number of rotatable bonds is 2. The van der Waals surface area contributed by atoms with Gasteiger partial charge in [-0.2, -0.15) is 0 Å². The highest BCUT2D eigenvalue weighted by molar-refractivity contribution is 5.70. The van der Waals surface area contributed by atoms with E-state index in [0.29, 0.717) is 11.3 Å². The monoisotopic (exact) mass is 295 g/mol. The average Bonchev–Trinajstić information content (AvgIpc) is 2.87. The molecule has 0 atom stereocenters. The van der Waals surface area contributed by atoms with Crippen molar-refractivity contribution in [3.63, 3.8) is 0 Å². The zero-order valence-corrected chi connectivity index (χ0v) is 10.4. The van der Waals surface area contributed by atoms with Crippen molar-refractivity contribution in [2.24, 2.45) is 0 Å². The van der Waals surface area contributed by atoms with Crippen molar-refractivity contribution >= 4 is 5.65 Å². The molecule has 0 radical (unpaired) electrons. The second kappa shape index (κ2) is 4.65. The second-order valence-electron chi connectivity index (χ2n) is 4.17. The number of benzene rings is 1. The predicted octanol–water partition coefficient (Wildman–Crippen LogP) is 3.00. The van der Waals surface area contributed by atoms with Crippen molar-refractivity contribution < 1.29 is 23.0 Å². The molecule has 1 aromatic carbocycles. The van der Waals surface area contributed by atoms with Crippen LogP contribution in [0.5, 0.6) is 11.5 Å². The molecule has 0 saturated carbocycles. The minimum Gasteiger partial charge on any atom is -0.507 e. The molecule has 0 saturated heterocycles. The summed E-state index contributed by atoms with van der Waals surface area (Å²) in [5.74, 6) is -0.611.